The van der Waals surface area contributed by atoms with E-state index in [0.29, 0.717) is 30.0 Å². The molecule has 0 spiro atoms. The Bertz CT molecular complexity index is 398. The van der Waals surface area contributed by atoms with Crippen LogP contribution in [0.25, 0.3) is 0 Å². The number of aliphatic hydroxyl groups excluding tert-OH is 2. The summed E-state index contributed by atoms with van der Waals surface area (Å²) < 4.78 is 0. The summed E-state index contributed by atoms with van der Waals surface area (Å²) in [5.74, 6) is -0.508. The SMILES string of the molecule is CCC(O)CCNC(=O)[C@H](O)c1ccccc1Cl. The molecule has 0 fully saturated rings. The molecule has 0 aliphatic rings. The fourth-order valence-electron chi connectivity index (χ4n) is 1.50. The zero-order chi connectivity index (χ0) is 13.5. The second-order valence-corrected chi connectivity index (χ2v) is 4.47. The van der Waals surface area contributed by atoms with Gasteiger partial charge in [0.25, 0.3) is 5.91 Å². The molecule has 0 heterocycles. The first-order valence-corrected chi connectivity index (χ1v) is 6.32. The zero-order valence-corrected chi connectivity index (χ0v) is 11.0. The van der Waals surface area contributed by atoms with Crippen molar-refractivity contribution < 1.29 is 15.0 Å². The monoisotopic (exact) mass is 271 g/mol. The minimum atomic E-state index is -1.28. The number of hydrogen-bond donors (Lipinski definition) is 3. The van der Waals surface area contributed by atoms with Gasteiger partial charge in [-0.25, -0.2) is 0 Å². The Morgan fingerprint density at radius 2 is 2.06 bits per heavy atom. The van der Waals surface area contributed by atoms with E-state index in [2.05, 4.69) is 5.32 Å². The van der Waals surface area contributed by atoms with Gasteiger partial charge in [-0.1, -0.05) is 36.7 Å². The van der Waals surface area contributed by atoms with Crippen LogP contribution in [0.3, 0.4) is 0 Å². The average Bonchev–Trinajstić information content (AvgIpc) is 2.38. The molecule has 1 unspecified atom stereocenters. The standard InChI is InChI=1S/C13H18ClNO3/c1-2-9(16)7-8-15-13(18)12(17)10-5-3-4-6-11(10)14/h3-6,9,12,16-17H,2,7-8H2,1H3,(H,15,18)/t9?,12-/m1/s1. The van der Waals surface area contributed by atoms with Crippen LogP contribution in [0, 0.1) is 0 Å². The molecule has 4 nitrogen and oxygen atoms in total. The first-order valence-electron chi connectivity index (χ1n) is 5.94. The third-order valence-electron chi connectivity index (χ3n) is 2.70. The van der Waals surface area contributed by atoms with Crippen LogP contribution in [0.5, 0.6) is 0 Å². The summed E-state index contributed by atoms with van der Waals surface area (Å²) in [4.78, 5) is 11.7. The Hall–Kier alpha value is -1.10. The largest absolute Gasteiger partial charge is 0.393 e. The highest BCUT2D eigenvalue weighted by molar-refractivity contribution is 6.31. The number of rotatable bonds is 6. The third-order valence-corrected chi connectivity index (χ3v) is 3.04. The lowest BCUT2D eigenvalue weighted by Crippen LogP contribution is -2.31. The van der Waals surface area contributed by atoms with E-state index < -0.39 is 18.1 Å². The zero-order valence-electron chi connectivity index (χ0n) is 10.3. The minimum absolute atomic E-state index is 0.329. The van der Waals surface area contributed by atoms with E-state index in [-0.39, 0.29) is 0 Å². The Labute approximate surface area is 112 Å². The molecule has 100 valence electrons. The van der Waals surface area contributed by atoms with Crippen LogP contribution in [-0.2, 0) is 4.79 Å². The Kier molecular flexibility index (Phi) is 6.12. The van der Waals surface area contributed by atoms with Crippen molar-refractivity contribution >= 4 is 17.5 Å². The second-order valence-electron chi connectivity index (χ2n) is 4.07. The number of carbonyl (C=O) groups excluding carboxylic acids is 1. The molecule has 2 atom stereocenters. The summed E-state index contributed by atoms with van der Waals surface area (Å²) in [6.07, 6.45) is -0.597. The molecule has 1 rings (SSSR count). The van der Waals surface area contributed by atoms with E-state index in [1.807, 2.05) is 6.92 Å². The summed E-state index contributed by atoms with van der Waals surface area (Å²) in [7, 11) is 0. The molecule has 5 heteroatoms. The molecule has 0 saturated heterocycles. The normalized spacial score (nSPS) is 14.0. The first-order chi connectivity index (χ1) is 8.56. The van der Waals surface area contributed by atoms with E-state index in [4.69, 9.17) is 11.6 Å². The van der Waals surface area contributed by atoms with Gasteiger partial charge in [-0.3, -0.25) is 4.79 Å². The molecular formula is C13H18ClNO3. The Morgan fingerprint density at radius 1 is 1.39 bits per heavy atom. The predicted molar refractivity (Wildman–Crippen MR) is 70.3 cm³/mol. The minimum Gasteiger partial charge on any atom is -0.393 e. The summed E-state index contributed by atoms with van der Waals surface area (Å²) in [5, 5.41) is 22.1. The highest BCUT2D eigenvalue weighted by atomic mass is 35.5. The van der Waals surface area contributed by atoms with Crippen molar-refractivity contribution in [3.63, 3.8) is 0 Å². The topological polar surface area (TPSA) is 69.6 Å². The van der Waals surface area contributed by atoms with Crippen molar-refractivity contribution in [1.82, 2.24) is 5.32 Å². The van der Waals surface area contributed by atoms with E-state index in [0.717, 1.165) is 0 Å². The van der Waals surface area contributed by atoms with E-state index in [9.17, 15) is 15.0 Å². The molecule has 1 aromatic rings. The fraction of sp³-hybridized carbons (Fsp3) is 0.462. The molecule has 1 aromatic carbocycles. The molecule has 0 aliphatic carbocycles. The van der Waals surface area contributed by atoms with Gasteiger partial charge in [0, 0.05) is 17.1 Å². The second kappa shape index (κ2) is 7.36. The Balaban J connectivity index is 2.49. The lowest BCUT2D eigenvalue weighted by Gasteiger charge is -2.14. The fourth-order valence-corrected chi connectivity index (χ4v) is 1.74. The van der Waals surface area contributed by atoms with Gasteiger partial charge in [-0.2, -0.15) is 0 Å². The number of amides is 1. The molecule has 18 heavy (non-hydrogen) atoms. The summed E-state index contributed by atoms with van der Waals surface area (Å²) in [6.45, 7) is 2.19. The lowest BCUT2D eigenvalue weighted by atomic mass is 10.1. The third kappa shape index (κ3) is 4.29. The smallest absolute Gasteiger partial charge is 0.253 e. The molecule has 0 aliphatic heterocycles. The van der Waals surface area contributed by atoms with Gasteiger partial charge in [0.2, 0.25) is 0 Å². The van der Waals surface area contributed by atoms with Crippen molar-refractivity contribution in [2.24, 2.45) is 0 Å². The molecule has 0 bridgehead atoms. The predicted octanol–water partition coefficient (Wildman–Crippen LogP) is 1.65. The van der Waals surface area contributed by atoms with Gasteiger partial charge in [-0.15, -0.1) is 0 Å². The maximum atomic E-state index is 11.7. The molecule has 1 amide bonds. The molecule has 3 N–H and O–H groups in total. The van der Waals surface area contributed by atoms with Crippen LogP contribution in [0.15, 0.2) is 24.3 Å². The van der Waals surface area contributed by atoms with Crippen molar-refractivity contribution in [3.8, 4) is 0 Å². The quantitative estimate of drug-likeness (QED) is 0.737. The molecular weight excluding hydrogens is 254 g/mol. The van der Waals surface area contributed by atoms with Crippen molar-refractivity contribution in [1.29, 1.82) is 0 Å². The van der Waals surface area contributed by atoms with Crippen LogP contribution in [0.2, 0.25) is 5.02 Å². The molecule has 0 aromatic heterocycles. The molecule has 0 radical (unpaired) electrons. The van der Waals surface area contributed by atoms with Crippen LogP contribution >= 0.6 is 11.6 Å². The highest BCUT2D eigenvalue weighted by Gasteiger charge is 2.19. The van der Waals surface area contributed by atoms with Crippen molar-refractivity contribution in [2.75, 3.05) is 6.54 Å². The highest BCUT2D eigenvalue weighted by Crippen LogP contribution is 2.22. The number of hydrogen-bond acceptors (Lipinski definition) is 3. The average molecular weight is 272 g/mol. The molecule has 0 saturated carbocycles. The van der Waals surface area contributed by atoms with Crippen LogP contribution < -0.4 is 5.32 Å². The van der Waals surface area contributed by atoms with Gasteiger partial charge in [0.15, 0.2) is 6.10 Å². The summed E-state index contributed by atoms with van der Waals surface area (Å²) >= 11 is 5.89. The number of benzene rings is 1. The first kappa shape index (κ1) is 15.0. The lowest BCUT2D eigenvalue weighted by molar-refractivity contribution is -0.129. The van der Waals surface area contributed by atoms with Crippen LogP contribution in [0.1, 0.15) is 31.4 Å². The van der Waals surface area contributed by atoms with Crippen molar-refractivity contribution in [2.45, 2.75) is 32.0 Å². The van der Waals surface area contributed by atoms with E-state index in [1.165, 1.54) is 0 Å². The van der Waals surface area contributed by atoms with E-state index in [1.54, 1.807) is 24.3 Å². The van der Waals surface area contributed by atoms with Gasteiger partial charge in [0.1, 0.15) is 0 Å². The van der Waals surface area contributed by atoms with Crippen LogP contribution in [-0.4, -0.2) is 28.8 Å². The number of carbonyl (C=O) groups is 1. The van der Waals surface area contributed by atoms with Gasteiger partial charge in [-0.05, 0) is 18.9 Å². The summed E-state index contributed by atoms with van der Waals surface area (Å²) in [6, 6.07) is 6.66. The Morgan fingerprint density at radius 3 is 2.67 bits per heavy atom. The number of nitrogens with one attached hydrogen (secondary N) is 1. The maximum absolute atomic E-state index is 11.7. The van der Waals surface area contributed by atoms with Gasteiger partial charge in [0.05, 0.1) is 6.10 Å². The van der Waals surface area contributed by atoms with Crippen LogP contribution in [0.4, 0.5) is 0 Å². The number of aliphatic hydroxyl groups is 2. The number of halogens is 1. The van der Waals surface area contributed by atoms with E-state index >= 15 is 0 Å². The van der Waals surface area contributed by atoms with Gasteiger partial charge < -0.3 is 15.5 Å². The summed E-state index contributed by atoms with van der Waals surface area (Å²) in [5.41, 5.74) is 0.382. The maximum Gasteiger partial charge on any atom is 0.253 e. The van der Waals surface area contributed by atoms with Gasteiger partial charge >= 0.3 is 0 Å². The van der Waals surface area contributed by atoms with Crippen molar-refractivity contribution in [3.05, 3.63) is 34.9 Å².